The molecule has 7 heteroatoms. The van der Waals surface area contributed by atoms with Gasteiger partial charge in [-0.05, 0) is 18.2 Å². The van der Waals surface area contributed by atoms with Gasteiger partial charge >= 0.3 is 0 Å². The standard InChI is InChI=1S/C19H18N4O3/c1-13-21-22-19(26-13)16-11-23(17-7-3-2-6-15(16)17)12-18(24)20-9-8-14-5-4-10-25-14/h2-7,10-11H,8-9,12H2,1H3,(H,20,24). The van der Waals surface area contributed by atoms with Crippen LogP contribution in [0.2, 0.25) is 0 Å². The highest BCUT2D eigenvalue weighted by Crippen LogP contribution is 2.29. The molecule has 0 aliphatic rings. The average molecular weight is 350 g/mol. The van der Waals surface area contributed by atoms with E-state index < -0.39 is 0 Å². The lowest BCUT2D eigenvalue weighted by atomic mass is 10.2. The Hall–Kier alpha value is -3.35. The molecule has 132 valence electrons. The Balaban J connectivity index is 1.52. The first-order valence-corrected chi connectivity index (χ1v) is 8.38. The van der Waals surface area contributed by atoms with Crippen LogP contribution in [0.15, 0.2) is 57.7 Å². The largest absolute Gasteiger partial charge is 0.469 e. The number of benzene rings is 1. The molecule has 0 radical (unpaired) electrons. The third-order valence-electron chi connectivity index (χ3n) is 4.13. The molecule has 3 heterocycles. The highest BCUT2D eigenvalue weighted by Gasteiger charge is 2.16. The predicted molar refractivity (Wildman–Crippen MR) is 95.4 cm³/mol. The minimum absolute atomic E-state index is 0.0643. The molecule has 0 aliphatic carbocycles. The van der Waals surface area contributed by atoms with Gasteiger partial charge in [-0.3, -0.25) is 4.79 Å². The monoisotopic (exact) mass is 350 g/mol. The van der Waals surface area contributed by atoms with Crippen LogP contribution in [-0.2, 0) is 17.8 Å². The number of rotatable bonds is 6. The Labute approximate surface area is 149 Å². The van der Waals surface area contributed by atoms with Crippen LogP contribution in [-0.4, -0.2) is 27.2 Å². The molecule has 3 aromatic heterocycles. The van der Waals surface area contributed by atoms with E-state index >= 15 is 0 Å². The molecule has 0 saturated heterocycles. The van der Waals surface area contributed by atoms with Crippen molar-refractivity contribution in [1.82, 2.24) is 20.1 Å². The van der Waals surface area contributed by atoms with E-state index in [2.05, 4.69) is 15.5 Å². The van der Waals surface area contributed by atoms with Crippen LogP contribution in [0.1, 0.15) is 11.7 Å². The van der Waals surface area contributed by atoms with Crippen LogP contribution in [0.3, 0.4) is 0 Å². The van der Waals surface area contributed by atoms with E-state index in [9.17, 15) is 4.79 Å². The maximum Gasteiger partial charge on any atom is 0.249 e. The van der Waals surface area contributed by atoms with Crippen LogP contribution in [0.5, 0.6) is 0 Å². The Morgan fingerprint density at radius 3 is 2.85 bits per heavy atom. The van der Waals surface area contributed by atoms with Crippen LogP contribution in [0, 0.1) is 6.92 Å². The molecular weight excluding hydrogens is 332 g/mol. The van der Waals surface area contributed by atoms with Gasteiger partial charge in [-0.2, -0.15) is 0 Å². The fourth-order valence-electron chi connectivity index (χ4n) is 2.94. The zero-order valence-electron chi connectivity index (χ0n) is 14.3. The molecule has 1 N–H and O–H groups in total. The molecule has 7 nitrogen and oxygen atoms in total. The molecule has 0 fully saturated rings. The number of aryl methyl sites for hydroxylation is 1. The summed E-state index contributed by atoms with van der Waals surface area (Å²) in [5, 5.41) is 11.9. The van der Waals surface area contributed by atoms with Gasteiger partial charge < -0.3 is 18.7 Å². The summed E-state index contributed by atoms with van der Waals surface area (Å²) in [6.07, 6.45) is 4.17. The zero-order chi connectivity index (χ0) is 17.9. The highest BCUT2D eigenvalue weighted by molar-refractivity contribution is 5.94. The minimum Gasteiger partial charge on any atom is -0.469 e. The number of nitrogens with zero attached hydrogens (tertiary/aromatic N) is 3. The van der Waals surface area contributed by atoms with E-state index in [1.807, 2.05) is 47.2 Å². The molecule has 4 aromatic rings. The number of para-hydroxylation sites is 1. The van der Waals surface area contributed by atoms with Crippen molar-refractivity contribution in [3.63, 3.8) is 0 Å². The molecule has 26 heavy (non-hydrogen) atoms. The van der Waals surface area contributed by atoms with Crippen LogP contribution >= 0.6 is 0 Å². The number of hydrogen-bond acceptors (Lipinski definition) is 5. The Bertz CT molecular complexity index is 1030. The SMILES string of the molecule is Cc1nnc(-c2cn(CC(=O)NCCc3ccco3)c3ccccc23)o1. The number of amides is 1. The average Bonchev–Trinajstić information content (AvgIpc) is 3.36. The number of nitrogens with one attached hydrogen (secondary N) is 1. The summed E-state index contributed by atoms with van der Waals surface area (Å²) >= 11 is 0. The predicted octanol–water partition coefficient (Wildman–Crippen LogP) is 2.95. The van der Waals surface area contributed by atoms with Gasteiger partial charge in [0.15, 0.2) is 0 Å². The lowest BCUT2D eigenvalue weighted by Gasteiger charge is -2.06. The van der Waals surface area contributed by atoms with E-state index in [0.29, 0.717) is 24.7 Å². The molecular formula is C19H18N4O3. The fourth-order valence-corrected chi connectivity index (χ4v) is 2.94. The summed E-state index contributed by atoms with van der Waals surface area (Å²) in [4.78, 5) is 12.3. The Morgan fingerprint density at radius 1 is 1.19 bits per heavy atom. The first kappa shape index (κ1) is 16.1. The van der Waals surface area contributed by atoms with Gasteiger partial charge in [0, 0.05) is 37.0 Å². The molecule has 4 rings (SSSR count). The lowest BCUT2D eigenvalue weighted by Crippen LogP contribution is -2.29. The van der Waals surface area contributed by atoms with Crippen molar-refractivity contribution in [2.24, 2.45) is 0 Å². The zero-order valence-corrected chi connectivity index (χ0v) is 14.3. The first-order valence-electron chi connectivity index (χ1n) is 8.38. The van der Waals surface area contributed by atoms with Crippen molar-refractivity contribution < 1.29 is 13.6 Å². The highest BCUT2D eigenvalue weighted by atomic mass is 16.4. The number of carbonyl (C=O) groups excluding carboxylic acids is 1. The van der Waals surface area contributed by atoms with Gasteiger partial charge in [0.25, 0.3) is 0 Å². The van der Waals surface area contributed by atoms with Gasteiger partial charge in [0.1, 0.15) is 12.3 Å². The van der Waals surface area contributed by atoms with Crippen LogP contribution in [0.4, 0.5) is 0 Å². The van der Waals surface area contributed by atoms with Gasteiger partial charge in [0.05, 0.1) is 11.8 Å². The smallest absolute Gasteiger partial charge is 0.249 e. The van der Waals surface area contributed by atoms with Crippen molar-refractivity contribution in [1.29, 1.82) is 0 Å². The van der Waals surface area contributed by atoms with E-state index in [1.165, 1.54) is 0 Å². The normalized spacial score (nSPS) is 11.1. The number of furan rings is 1. The molecule has 0 atom stereocenters. The second kappa shape index (κ2) is 6.87. The van der Waals surface area contributed by atoms with Crippen LogP contribution < -0.4 is 5.32 Å². The quantitative estimate of drug-likeness (QED) is 0.578. The fraction of sp³-hybridized carbons (Fsp3) is 0.211. The third kappa shape index (κ3) is 3.23. The number of aromatic nitrogens is 3. The summed E-state index contributed by atoms with van der Waals surface area (Å²) < 4.78 is 12.7. The maximum absolute atomic E-state index is 12.3. The summed E-state index contributed by atoms with van der Waals surface area (Å²) in [6, 6.07) is 11.6. The first-order chi connectivity index (χ1) is 12.7. The van der Waals surface area contributed by atoms with E-state index in [0.717, 1.165) is 22.2 Å². The topological polar surface area (TPSA) is 86.1 Å². The second-order valence-corrected chi connectivity index (χ2v) is 5.99. The van der Waals surface area contributed by atoms with Crippen molar-refractivity contribution in [3.05, 3.63) is 60.5 Å². The van der Waals surface area contributed by atoms with Gasteiger partial charge in [0.2, 0.25) is 17.7 Å². The molecule has 0 unspecified atom stereocenters. The number of fused-ring (bicyclic) bond motifs is 1. The number of carbonyl (C=O) groups is 1. The summed E-state index contributed by atoms with van der Waals surface area (Å²) in [6.45, 7) is 2.50. The maximum atomic E-state index is 12.3. The summed E-state index contributed by atoms with van der Waals surface area (Å²) in [5.41, 5.74) is 1.77. The van der Waals surface area contributed by atoms with Gasteiger partial charge in [-0.15, -0.1) is 10.2 Å². The Kier molecular flexibility index (Phi) is 4.27. The Morgan fingerprint density at radius 2 is 2.08 bits per heavy atom. The van der Waals surface area contributed by atoms with Crippen molar-refractivity contribution >= 4 is 16.8 Å². The van der Waals surface area contributed by atoms with E-state index in [4.69, 9.17) is 8.83 Å². The van der Waals surface area contributed by atoms with Crippen molar-refractivity contribution in [2.45, 2.75) is 19.9 Å². The molecule has 0 bridgehead atoms. The summed E-state index contributed by atoms with van der Waals surface area (Å²) in [5.74, 6) is 1.75. The van der Waals surface area contributed by atoms with Gasteiger partial charge in [-0.1, -0.05) is 18.2 Å². The van der Waals surface area contributed by atoms with Crippen molar-refractivity contribution in [3.8, 4) is 11.5 Å². The lowest BCUT2D eigenvalue weighted by molar-refractivity contribution is -0.121. The molecule has 0 spiro atoms. The molecule has 1 amide bonds. The van der Waals surface area contributed by atoms with Crippen LogP contribution in [0.25, 0.3) is 22.4 Å². The van der Waals surface area contributed by atoms with Crippen molar-refractivity contribution in [2.75, 3.05) is 6.54 Å². The van der Waals surface area contributed by atoms with E-state index in [-0.39, 0.29) is 12.5 Å². The molecule has 0 saturated carbocycles. The minimum atomic E-state index is -0.0643. The molecule has 1 aromatic carbocycles. The second-order valence-electron chi connectivity index (χ2n) is 5.99. The summed E-state index contributed by atoms with van der Waals surface area (Å²) in [7, 11) is 0. The number of hydrogen-bond donors (Lipinski definition) is 1. The third-order valence-corrected chi connectivity index (χ3v) is 4.13. The van der Waals surface area contributed by atoms with E-state index in [1.54, 1.807) is 13.2 Å². The van der Waals surface area contributed by atoms with Gasteiger partial charge in [-0.25, -0.2) is 0 Å². The molecule has 0 aliphatic heterocycles.